The third kappa shape index (κ3) is 3.02. The molecule has 1 aliphatic carbocycles. The van der Waals surface area contributed by atoms with E-state index in [1.807, 2.05) is 24.3 Å². The van der Waals surface area contributed by atoms with E-state index in [0.717, 1.165) is 12.3 Å². The van der Waals surface area contributed by atoms with E-state index in [2.05, 4.69) is 18.3 Å². The normalized spacial score (nSPS) is 16.7. The second kappa shape index (κ2) is 5.88. The van der Waals surface area contributed by atoms with E-state index in [4.69, 9.17) is 10.00 Å². The quantitative estimate of drug-likeness (QED) is 0.836. The number of nitrogens with zero attached hydrogens (tertiary/aromatic N) is 1. The van der Waals surface area contributed by atoms with E-state index in [1.165, 1.54) is 31.2 Å². The van der Waals surface area contributed by atoms with Gasteiger partial charge in [-0.05, 0) is 43.4 Å². The Balaban J connectivity index is 1.91. The number of benzene rings is 1. The predicted octanol–water partition coefficient (Wildman–Crippen LogP) is 3.01. The van der Waals surface area contributed by atoms with E-state index in [-0.39, 0.29) is 6.61 Å². The van der Waals surface area contributed by atoms with Crippen LogP contribution in [0.3, 0.4) is 0 Å². The lowest BCUT2D eigenvalue weighted by atomic mass is 9.75. The van der Waals surface area contributed by atoms with Crippen LogP contribution >= 0.6 is 0 Å². The van der Waals surface area contributed by atoms with Gasteiger partial charge in [0.1, 0.15) is 11.8 Å². The van der Waals surface area contributed by atoms with E-state index < -0.39 is 0 Å². The Morgan fingerprint density at radius 1 is 1.44 bits per heavy atom. The molecule has 1 fully saturated rings. The Labute approximate surface area is 109 Å². The Hall–Kier alpha value is -1.53. The second-order valence-corrected chi connectivity index (χ2v) is 4.94. The van der Waals surface area contributed by atoms with E-state index >= 15 is 0 Å². The van der Waals surface area contributed by atoms with Crippen LogP contribution < -0.4 is 10.1 Å². The van der Waals surface area contributed by atoms with Crippen LogP contribution in [0.4, 0.5) is 0 Å². The molecule has 1 aromatic rings. The molecule has 0 aliphatic heterocycles. The average molecular weight is 244 g/mol. The predicted molar refractivity (Wildman–Crippen MR) is 71.3 cm³/mol. The highest BCUT2D eigenvalue weighted by Crippen LogP contribution is 2.34. The van der Waals surface area contributed by atoms with Crippen LogP contribution in [0.15, 0.2) is 24.3 Å². The third-order valence-corrected chi connectivity index (χ3v) is 3.86. The maximum absolute atomic E-state index is 8.49. The number of nitrogens with one attached hydrogen (secondary N) is 1. The van der Waals surface area contributed by atoms with Gasteiger partial charge in [-0.1, -0.05) is 19.1 Å². The molecular weight excluding hydrogens is 224 g/mol. The Kier molecular flexibility index (Phi) is 4.22. The first kappa shape index (κ1) is 12.9. The minimum absolute atomic E-state index is 0.107. The zero-order chi connectivity index (χ0) is 12.8. The fourth-order valence-corrected chi connectivity index (χ4v) is 2.41. The van der Waals surface area contributed by atoms with E-state index in [0.29, 0.717) is 5.54 Å². The Morgan fingerprint density at radius 2 is 2.28 bits per heavy atom. The van der Waals surface area contributed by atoms with E-state index in [9.17, 15) is 0 Å². The highest BCUT2D eigenvalue weighted by Gasteiger charge is 2.34. The molecule has 0 spiro atoms. The summed E-state index contributed by atoms with van der Waals surface area (Å²) in [7, 11) is 0. The van der Waals surface area contributed by atoms with Gasteiger partial charge < -0.3 is 10.1 Å². The first-order valence-electron chi connectivity index (χ1n) is 6.62. The SMILES string of the molecule is CCC1(NCc2cccc(OCC#N)c2)CCC1. The van der Waals surface area contributed by atoms with Crippen molar-refractivity contribution in [2.75, 3.05) is 6.61 Å². The van der Waals surface area contributed by atoms with Crippen molar-refractivity contribution in [2.45, 2.75) is 44.7 Å². The molecular formula is C15H20N2O. The lowest BCUT2D eigenvalue weighted by Crippen LogP contribution is -2.49. The van der Waals surface area contributed by atoms with Crippen LogP contribution in [0, 0.1) is 11.3 Å². The zero-order valence-electron chi connectivity index (χ0n) is 10.9. The monoisotopic (exact) mass is 244 g/mol. The molecule has 1 saturated carbocycles. The molecule has 0 aromatic heterocycles. The molecule has 1 aromatic carbocycles. The zero-order valence-corrected chi connectivity index (χ0v) is 10.9. The fourth-order valence-electron chi connectivity index (χ4n) is 2.41. The summed E-state index contributed by atoms with van der Waals surface area (Å²) in [6.07, 6.45) is 5.10. The van der Waals surface area contributed by atoms with Crippen molar-refractivity contribution in [2.24, 2.45) is 0 Å². The van der Waals surface area contributed by atoms with Crippen molar-refractivity contribution >= 4 is 0 Å². The summed E-state index contributed by atoms with van der Waals surface area (Å²) in [5.41, 5.74) is 1.58. The van der Waals surface area contributed by atoms with Crippen LogP contribution in [0.25, 0.3) is 0 Å². The van der Waals surface area contributed by atoms with Gasteiger partial charge in [0.15, 0.2) is 6.61 Å². The average Bonchev–Trinajstić information content (AvgIpc) is 2.36. The van der Waals surface area contributed by atoms with Crippen molar-refractivity contribution in [3.63, 3.8) is 0 Å². The molecule has 3 nitrogen and oxygen atoms in total. The van der Waals surface area contributed by atoms with Gasteiger partial charge in [-0.2, -0.15) is 5.26 Å². The Morgan fingerprint density at radius 3 is 2.89 bits per heavy atom. The molecule has 1 N–H and O–H groups in total. The number of ether oxygens (including phenoxy) is 1. The second-order valence-electron chi connectivity index (χ2n) is 4.94. The Bertz CT molecular complexity index is 427. The van der Waals surface area contributed by atoms with Gasteiger partial charge in [0, 0.05) is 12.1 Å². The van der Waals surface area contributed by atoms with Gasteiger partial charge in [-0.25, -0.2) is 0 Å². The van der Waals surface area contributed by atoms with Crippen molar-refractivity contribution in [1.82, 2.24) is 5.32 Å². The smallest absolute Gasteiger partial charge is 0.174 e. The number of nitriles is 1. The van der Waals surface area contributed by atoms with Crippen LogP contribution in [-0.4, -0.2) is 12.1 Å². The summed E-state index contributed by atoms with van der Waals surface area (Å²) in [5.74, 6) is 0.773. The van der Waals surface area contributed by atoms with Gasteiger partial charge in [0.25, 0.3) is 0 Å². The van der Waals surface area contributed by atoms with Crippen LogP contribution in [-0.2, 0) is 6.54 Å². The van der Waals surface area contributed by atoms with E-state index in [1.54, 1.807) is 0 Å². The number of hydrogen-bond donors (Lipinski definition) is 1. The minimum Gasteiger partial charge on any atom is -0.479 e. The lowest BCUT2D eigenvalue weighted by molar-refractivity contribution is 0.175. The molecule has 18 heavy (non-hydrogen) atoms. The molecule has 0 atom stereocenters. The van der Waals surface area contributed by atoms with Gasteiger partial charge in [-0.3, -0.25) is 0 Å². The molecule has 96 valence electrons. The van der Waals surface area contributed by atoms with Crippen LogP contribution in [0.5, 0.6) is 5.75 Å². The lowest BCUT2D eigenvalue weighted by Gasteiger charge is -2.42. The summed E-state index contributed by atoms with van der Waals surface area (Å²) in [6, 6.07) is 9.94. The maximum Gasteiger partial charge on any atom is 0.174 e. The topological polar surface area (TPSA) is 45.0 Å². The molecule has 0 heterocycles. The van der Waals surface area contributed by atoms with Crippen LogP contribution in [0.1, 0.15) is 38.2 Å². The molecule has 2 rings (SSSR count). The van der Waals surface area contributed by atoms with Crippen molar-refractivity contribution in [3.8, 4) is 11.8 Å². The number of rotatable bonds is 6. The fraction of sp³-hybridized carbons (Fsp3) is 0.533. The van der Waals surface area contributed by atoms with Crippen LogP contribution in [0.2, 0.25) is 0 Å². The molecule has 3 heteroatoms. The first-order valence-corrected chi connectivity index (χ1v) is 6.62. The molecule has 0 radical (unpaired) electrons. The summed E-state index contributed by atoms with van der Waals surface area (Å²) in [4.78, 5) is 0. The van der Waals surface area contributed by atoms with Crippen molar-refractivity contribution in [1.29, 1.82) is 5.26 Å². The standard InChI is InChI=1S/C15H20N2O/c1-2-15(7-4-8-15)17-12-13-5-3-6-14(11-13)18-10-9-16/h3,5-6,11,17H,2,4,7-8,10,12H2,1H3. The third-order valence-electron chi connectivity index (χ3n) is 3.86. The maximum atomic E-state index is 8.49. The highest BCUT2D eigenvalue weighted by molar-refractivity contribution is 5.28. The molecule has 0 unspecified atom stereocenters. The summed E-state index contributed by atoms with van der Waals surface area (Å²) < 4.78 is 5.31. The van der Waals surface area contributed by atoms with Gasteiger partial charge in [0.05, 0.1) is 0 Å². The largest absolute Gasteiger partial charge is 0.479 e. The van der Waals surface area contributed by atoms with Gasteiger partial charge in [0.2, 0.25) is 0 Å². The summed E-state index contributed by atoms with van der Waals surface area (Å²) in [6.45, 7) is 3.23. The molecule has 0 bridgehead atoms. The molecule has 0 amide bonds. The first-order chi connectivity index (χ1) is 8.78. The summed E-state index contributed by atoms with van der Waals surface area (Å²) >= 11 is 0. The van der Waals surface area contributed by atoms with Gasteiger partial charge in [-0.15, -0.1) is 0 Å². The summed E-state index contributed by atoms with van der Waals surface area (Å²) in [5, 5.41) is 12.2. The van der Waals surface area contributed by atoms with Crippen molar-refractivity contribution in [3.05, 3.63) is 29.8 Å². The molecule has 0 saturated heterocycles. The highest BCUT2D eigenvalue weighted by atomic mass is 16.5. The van der Waals surface area contributed by atoms with Gasteiger partial charge >= 0.3 is 0 Å². The number of hydrogen-bond acceptors (Lipinski definition) is 3. The van der Waals surface area contributed by atoms with Crippen molar-refractivity contribution < 1.29 is 4.74 Å². The minimum atomic E-state index is 0.107. The molecule has 1 aliphatic rings.